The van der Waals surface area contributed by atoms with E-state index in [1.54, 1.807) is 12.1 Å². The van der Waals surface area contributed by atoms with Gasteiger partial charge in [-0.15, -0.1) is 0 Å². The van der Waals surface area contributed by atoms with E-state index in [0.717, 1.165) is 18.4 Å². The van der Waals surface area contributed by atoms with Gasteiger partial charge in [0.1, 0.15) is 11.2 Å². The summed E-state index contributed by atoms with van der Waals surface area (Å²) in [6, 6.07) is 6.17. The molecule has 114 valence electrons. The standard InChI is InChI=1S/C15H20FN3O2/c16-12-5-3-11(4-6-12)7-10-18-14(20)15(13(17)19-21)8-1-2-9-15/h3-6,21H,1-2,7-10H2,(H2,17,19)(H,18,20). The molecular formula is C15H20FN3O2. The normalized spacial score (nSPS) is 17.7. The van der Waals surface area contributed by atoms with Gasteiger partial charge in [0.2, 0.25) is 5.91 Å². The van der Waals surface area contributed by atoms with Crippen LogP contribution in [-0.4, -0.2) is 23.5 Å². The number of hydrogen-bond donors (Lipinski definition) is 3. The van der Waals surface area contributed by atoms with Gasteiger partial charge in [0.25, 0.3) is 0 Å². The second kappa shape index (κ2) is 6.56. The van der Waals surface area contributed by atoms with Gasteiger partial charge in [-0.1, -0.05) is 30.1 Å². The monoisotopic (exact) mass is 293 g/mol. The number of rotatable bonds is 5. The molecule has 4 N–H and O–H groups in total. The van der Waals surface area contributed by atoms with Crippen molar-refractivity contribution in [2.75, 3.05) is 6.54 Å². The van der Waals surface area contributed by atoms with Crippen LogP contribution >= 0.6 is 0 Å². The fourth-order valence-electron chi connectivity index (χ4n) is 2.81. The van der Waals surface area contributed by atoms with Crippen molar-refractivity contribution in [3.05, 3.63) is 35.6 Å². The van der Waals surface area contributed by atoms with Gasteiger partial charge in [-0.2, -0.15) is 0 Å². The predicted octanol–water partition coefficient (Wildman–Crippen LogP) is 1.79. The van der Waals surface area contributed by atoms with Crippen LogP contribution < -0.4 is 11.1 Å². The number of hydrogen-bond acceptors (Lipinski definition) is 3. The van der Waals surface area contributed by atoms with Crippen LogP contribution in [0.1, 0.15) is 31.2 Å². The minimum Gasteiger partial charge on any atom is -0.409 e. The molecule has 1 aromatic rings. The molecule has 21 heavy (non-hydrogen) atoms. The van der Waals surface area contributed by atoms with Gasteiger partial charge in [0, 0.05) is 6.54 Å². The number of nitrogens with one attached hydrogen (secondary N) is 1. The van der Waals surface area contributed by atoms with Crippen LogP contribution in [0.15, 0.2) is 29.4 Å². The average Bonchev–Trinajstić information content (AvgIpc) is 2.99. The van der Waals surface area contributed by atoms with Crippen molar-refractivity contribution in [1.82, 2.24) is 5.32 Å². The first-order chi connectivity index (χ1) is 10.1. The zero-order valence-electron chi connectivity index (χ0n) is 11.8. The second-order valence-electron chi connectivity index (χ2n) is 5.41. The number of carbonyl (C=O) groups is 1. The highest BCUT2D eigenvalue weighted by molar-refractivity contribution is 6.07. The number of oxime groups is 1. The molecule has 1 saturated carbocycles. The van der Waals surface area contributed by atoms with E-state index in [9.17, 15) is 9.18 Å². The number of benzene rings is 1. The quantitative estimate of drug-likeness (QED) is 0.335. The summed E-state index contributed by atoms with van der Waals surface area (Å²) < 4.78 is 12.8. The highest BCUT2D eigenvalue weighted by atomic mass is 19.1. The lowest BCUT2D eigenvalue weighted by Gasteiger charge is -2.25. The highest BCUT2D eigenvalue weighted by Gasteiger charge is 2.45. The van der Waals surface area contributed by atoms with Crippen LogP contribution in [0.2, 0.25) is 0 Å². The highest BCUT2D eigenvalue weighted by Crippen LogP contribution is 2.38. The van der Waals surface area contributed by atoms with Crippen molar-refractivity contribution in [1.29, 1.82) is 0 Å². The Morgan fingerprint density at radius 3 is 2.52 bits per heavy atom. The molecule has 1 fully saturated rings. The first-order valence-electron chi connectivity index (χ1n) is 7.09. The molecule has 0 unspecified atom stereocenters. The Balaban J connectivity index is 1.92. The van der Waals surface area contributed by atoms with Gasteiger partial charge in [0.05, 0.1) is 0 Å². The summed E-state index contributed by atoms with van der Waals surface area (Å²) in [5.41, 5.74) is 5.78. The van der Waals surface area contributed by atoms with Gasteiger partial charge in [-0.05, 0) is 37.0 Å². The van der Waals surface area contributed by atoms with E-state index < -0.39 is 5.41 Å². The summed E-state index contributed by atoms with van der Waals surface area (Å²) in [6.07, 6.45) is 3.60. The van der Waals surface area contributed by atoms with Crippen LogP contribution in [0.5, 0.6) is 0 Å². The molecule has 1 aliphatic rings. The Morgan fingerprint density at radius 2 is 1.95 bits per heavy atom. The first kappa shape index (κ1) is 15.3. The summed E-state index contributed by atoms with van der Waals surface area (Å²) >= 11 is 0. The molecule has 0 bridgehead atoms. The van der Waals surface area contributed by atoms with Gasteiger partial charge in [0.15, 0.2) is 5.84 Å². The van der Waals surface area contributed by atoms with Crippen LogP contribution in [0, 0.1) is 11.2 Å². The molecule has 0 aromatic heterocycles. The number of nitrogens with two attached hydrogens (primary N) is 1. The SMILES string of the molecule is NC(=NO)C1(C(=O)NCCc2ccc(F)cc2)CCCC1. The average molecular weight is 293 g/mol. The Kier molecular flexibility index (Phi) is 4.77. The second-order valence-corrected chi connectivity index (χ2v) is 5.41. The molecule has 0 spiro atoms. The summed E-state index contributed by atoms with van der Waals surface area (Å²) in [5, 5.41) is 14.8. The van der Waals surface area contributed by atoms with E-state index in [2.05, 4.69) is 10.5 Å². The van der Waals surface area contributed by atoms with Crippen molar-refractivity contribution < 1.29 is 14.4 Å². The summed E-state index contributed by atoms with van der Waals surface area (Å²) in [4.78, 5) is 12.4. The molecule has 2 rings (SSSR count). The molecule has 1 aliphatic carbocycles. The fourth-order valence-corrected chi connectivity index (χ4v) is 2.81. The van der Waals surface area contributed by atoms with Gasteiger partial charge in [-0.25, -0.2) is 4.39 Å². The largest absolute Gasteiger partial charge is 0.409 e. The van der Waals surface area contributed by atoms with E-state index >= 15 is 0 Å². The van der Waals surface area contributed by atoms with E-state index in [4.69, 9.17) is 10.9 Å². The van der Waals surface area contributed by atoms with Crippen molar-refractivity contribution in [3.63, 3.8) is 0 Å². The topological polar surface area (TPSA) is 87.7 Å². The lowest BCUT2D eigenvalue weighted by atomic mass is 9.83. The number of amides is 1. The van der Waals surface area contributed by atoms with Crippen LogP contribution in [0.4, 0.5) is 4.39 Å². The maximum absolute atomic E-state index is 12.8. The number of nitrogens with zero attached hydrogens (tertiary/aromatic N) is 1. The lowest BCUT2D eigenvalue weighted by Crippen LogP contribution is -2.48. The minimum atomic E-state index is -0.877. The van der Waals surface area contributed by atoms with Crippen molar-refractivity contribution in [3.8, 4) is 0 Å². The van der Waals surface area contributed by atoms with Crippen molar-refractivity contribution in [2.45, 2.75) is 32.1 Å². The molecule has 1 aromatic carbocycles. The Morgan fingerprint density at radius 1 is 1.33 bits per heavy atom. The zero-order chi connectivity index (χ0) is 15.3. The molecule has 0 saturated heterocycles. The minimum absolute atomic E-state index is 0.0146. The molecule has 6 heteroatoms. The smallest absolute Gasteiger partial charge is 0.233 e. The van der Waals surface area contributed by atoms with E-state index in [1.165, 1.54) is 12.1 Å². The number of carbonyl (C=O) groups excluding carboxylic acids is 1. The maximum Gasteiger partial charge on any atom is 0.233 e. The Hall–Kier alpha value is -2.11. The third-order valence-corrected chi connectivity index (χ3v) is 4.10. The first-order valence-corrected chi connectivity index (χ1v) is 7.09. The lowest BCUT2D eigenvalue weighted by molar-refractivity contribution is -0.127. The van der Waals surface area contributed by atoms with Gasteiger partial charge < -0.3 is 16.3 Å². The van der Waals surface area contributed by atoms with E-state index in [1.807, 2.05) is 0 Å². The molecule has 0 atom stereocenters. The molecule has 0 aliphatic heterocycles. The van der Waals surface area contributed by atoms with Crippen molar-refractivity contribution in [2.24, 2.45) is 16.3 Å². The third-order valence-electron chi connectivity index (χ3n) is 4.10. The molecule has 0 radical (unpaired) electrons. The van der Waals surface area contributed by atoms with E-state index in [0.29, 0.717) is 25.8 Å². The summed E-state index contributed by atoms with van der Waals surface area (Å²) in [6.45, 7) is 0.435. The third kappa shape index (κ3) is 3.32. The number of halogens is 1. The zero-order valence-corrected chi connectivity index (χ0v) is 11.8. The van der Waals surface area contributed by atoms with Crippen LogP contribution in [0.3, 0.4) is 0 Å². The van der Waals surface area contributed by atoms with E-state index in [-0.39, 0.29) is 17.6 Å². The predicted molar refractivity (Wildman–Crippen MR) is 77.4 cm³/mol. The fraction of sp³-hybridized carbons (Fsp3) is 0.467. The molecule has 5 nitrogen and oxygen atoms in total. The van der Waals surface area contributed by atoms with Crippen LogP contribution in [-0.2, 0) is 11.2 Å². The van der Waals surface area contributed by atoms with Gasteiger partial charge in [-0.3, -0.25) is 4.79 Å². The molecule has 0 heterocycles. The molecular weight excluding hydrogens is 273 g/mol. The maximum atomic E-state index is 12.8. The van der Waals surface area contributed by atoms with Crippen molar-refractivity contribution >= 4 is 11.7 Å². The Labute approximate surface area is 123 Å². The van der Waals surface area contributed by atoms with Crippen LogP contribution in [0.25, 0.3) is 0 Å². The summed E-state index contributed by atoms with van der Waals surface area (Å²) in [7, 11) is 0. The van der Waals surface area contributed by atoms with Gasteiger partial charge >= 0.3 is 0 Å². The summed E-state index contributed by atoms with van der Waals surface area (Å²) in [5.74, 6) is -0.490. The molecule has 1 amide bonds. The Bertz CT molecular complexity index is 522. The number of amidine groups is 1.